The fraction of sp³-hybridized carbons (Fsp3) is 0.800. The SMILES string of the molecule is COCC(C)NC(=O)CN1C(=O)NC2(CCC(C)CC2)C1=O. The van der Waals surface area contributed by atoms with Crippen molar-refractivity contribution in [2.45, 2.75) is 51.1 Å². The first-order valence-electron chi connectivity index (χ1n) is 7.80. The van der Waals surface area contributed by atoms with Gasteiger partial charge in [0.05, 0.1) is 6.61 Å². The van der Waals surface area contributed by atoms with Crippen molar-refractivity contribution in [1.29, 1.82) is 0 Å². The molecule has 2 aliphatic rings. The molecular weight excluding hydrogens is 286 g/mol. The minimum Gasteiger partial charge on any atom is -0.383 e. The lowest BCUT2D eigenvalue weighted by molar-refractivity contribution is -0.136. The Hall–Kier alpha value is -1.63. The molecule has 1 aliphatic carbocycles. The molecule has 2 N–H and O–H groups in total. The predicted octanol–water partition coefficient (Wildman–Crippen LogP) is 0.638. The minimum absolute atomic E-state index is 0.164. The number of hydrogen-bond acceptors (Lipinski definition) is 4. The summed E-state index contributed by atoms with van der Waals surface area (Å²) in [6.07, 6.45) is 3.13. The van der Waals surface area contributed by atoms with Gasteiger partial charge in [0.2, 0.25) is 5.91 Å². The Kier molecular flexibility index (Phi) is 5.05. The maximum atomic E-state index is 12.6. The van der Waals surface area contributed by atoms with Crippen molar-refractivity contribution in [2.75, 3.05) is 20.3 Å². The zero-order valence-electron chi connectivity index (χ0n) is 13.5. The van der Waals surface area contributed by atoms with Crippen LogP contribution in [0.2, 0.25) is 0 Å². The van der Waals surface area contributed by atoms with Crippen LogP contribution in [0, 0.1) is 5.92 Å². The lowest BCUT2D eigenvalue weighted by atomic mass is 9.77. The van der Waals surface area contributed by atoms with Gasteiger partial charge in [-0.3, -0.25) is 14.5 Å². The van der Waals surface area contributed by atoms with Crippen molar-refractivity contribution in [2.24, 2.45) is 5.92 Å². The number of methoxy groups -OCH3 is 1. The number of urea groups is 1. The summed E-state index contributed by atoms with van der Waals surface area (Å²) in [6, 6.07) is -0.628. The van der Waals surface area contributed by atoms with Gasteiger partial charge in [0.1, 0.15) is 12.1 Å². The molecule has 1 atom stereocenters. The van der Waals surface area contributed by atoms with Gasteiger partial charge in [0, 0.05) is 13.2 Å². The molecule has 4 amide bonds. The first-order chi connectivity index (χ1) is 10.4. The van der Waals surface area contributed by atoms with Gasteiger partial charge >= 0.3 is 6.03 Å². The molecule has 0 aromatic heterocycles. The van der Waals surface area contributed by atoms with Crippen molar-refractivity contribution in [3.63, 3.8) is 0 Å². The molecule has 7 heteroatoms. The first kappa shape index (κ1) is 16.7. The second kappa shape index (κ2) is 6.64. The van der Waals surface area contributed by atoms with Crippen LogP contribution in [-0.4, -0.2) is 54.6 Å². The predicted molar refractivity (Wildman–Crippen MR) is 80.1 cm³/mol. The van der Waals surface area contributed by atoms with Gasteiger partial charge in [-0.05, 0) is 38.5 Å². The summed E-state index contributed by atoms with van der Waals surface area (Å²) in [5, 5.41) is 5.52. The molecular formula is C15H25N3O4. The fourth-order valence-electron chi connectivity index (χ4n) is 3.17. The van der Waals surface area contributed by atoms with Gasteiger partial charge in [-0.15, -0.1) is 0 Å². The molecule has 0 aromatic carbocycles. The molecule has 2 fully saturated rings. The van der Waals surface area contributed by atoms with Crippen LogP contribution in [0.15, 0.2) is 0 Å². The molecule has 0 bridgehead atoms. The topological polar surface area (TPSA) is 87.7 Å². The summed E-state index contributed by atoms with van der Waals surface area (Å²) in [4.78, 5) is 37.7. The number of nitrogens with zero attached hydrogens (tertiary/aromatic N) is 1. The largest absolute Gasteiger partial charge is 0.383 e. The molecule has 22 heavy (non-hydrogen) atoms. The molecule has 0 aromatic rings. The summed E-state index contributed by atoms with van der Waals surface area (Å²) in [5.74, 6) is -0.0456. The summed E-state index contributed by atoms with van der Waals surface area (Å²) in [6.45, 7) is 4.09. The van der Waals surface area contributed by atoms with E-state index in [1.165, 1.54) is 0 Å². The number of amides is 4. The monoisotopic (exact) mass is 311 g/mol. The van der Waals surface area contributed by atoms with Gasteiger partial charge in [-0.25, -0.2) is 4.79 Å². The highest BCUT2D eigenvalue weighted by Crippen LogP contribution is 2.36. The molecule has 2 rings (SSSR count). The van der Waals surface area contributed by atoms with Gasteiger partial charge in [0.25, 0.3) is 5.91 Å². The Bertz CT molecular complexity index is 458. The summed E-state index contributed by atoms with van der Waals surface area (Å²) >= 11 is 0. The molecule has 1 saturated carbocycles. The third kappa shape index (κ3) is 3.40. The zero-order valence-corrected chi connectivity index (χ0v) is 13.5. The Balaban J connectivity index is 1.96. The molecule has 0 radical (unpaired) electrons. The lowest BCUT2D eigenvalue weighted by Gasteiger charge is -2.33. The van der Waals surface area contributed by atoms with Crippen molar-refractivity contribution in [1.82, 2.24) is 15.5 Å². The van der Waals surface area contributed by atoms with Crippen LogP contribution in [0.1, 0.15) is 39.5 Å². The molecule has 1 spiro atoms. The van der Waals surface area contributed by atoms with Crippen molar-refractivity contribution >= 4 is 17.8 Å². The average molecular weight is 311 g/mol. The van der Waals surface area contributed by atoms with E-state index < -0.39 is 11.6 Å². The molecule has 124 valence electrons. The lowest BCUT2D eigenvalue weighted by Crippen LogP contribution is -2.50. The maximum absolute atomic E-state index is 12.6. The second-order valence-electron chi connectivity index (χ2n) is 6.51. The molecule has 1 heterocycles. The Labute approximate surface area is 130 Å². The number of hydrogen-bond donors (Lipinski definition) is 2. The zero-order chi connectivity index (χ0) is 16.3. The van der Waals surface area contributed by atoms with E-state index in [2.05, 4.69) is 17.6 Å². The number of nitrogens with one attached hydrogen (secondary N) is 2. The number of carbonyl (C=O) groups excluding carboxylic acids is 3. The molecule has 1 unspecified atom stereocenters. The number of imide groups is 1. The van der Waals surface area contributed by atoms with E-state index >= 15 is 0 Å². The van der Waals surface area contributed by atoms with Crippen LogP contribution >= 0.6 is 0 Å². The van der Waals surface area contributed by atoms with Crippen molar-refractivity contribution in [3.05, 3.63) is 0 Å². The smallest absolute Gasteiger partial charge is 0.325 e. The van der Waals surface area contributed by atoms with E-state index in [1.807, 2.05) is 0 Å². The number of rotatable bonds is 5. The highest BCUT2D eigenvalue weighted by Gasteiger charge is 2.52. The van der Waals surface area contributed by atoms with E-state index in [0.717, 1.165) is 17.7 Å². The second-order valence-corrected chi connectivity index (χ2v) is 6.51. The van der Waals surface area contributed by atoms with Gasteiger partial charge in [0.15, 0.2) is 0 Å². The normalized spacial score (nSPS) is 29.6. The highest BCUT2D eigenvalue weighted by atomic mass is 16.5. The van der Waals surface area contributed by atoms with Crippen LogP contribution in [-0.2, 0) is 14.3 Å². The van der Waals surface area contributed by atoms with Crippen LogP contribution in [0.25, 0.3) is 0 Å². The van der Waals surface area contributed by atoms with Crippen LogP contribution in [0.5, 0.6) is 0 Å². The van der Waals surface area contributed by atoms with Gasteiger partial charge < -0.3 is 15.4 Å². The van der Waals surface area contributed by atoms with E-state index in [9.17, 15) is 14.4 Å². The number of carbonyl (C=O) groups is 3. The average Bonchev–Trinajstić information content (AvgIpc) is 2.67. The van der Waals surface area contributed by atoms with E-state index in [-0.39, 0.29) is 24.4 Å². The van der Waals surface area contributed by atoms with Gasteiger partial charge in [-0.1, -0.05) is 6.92 Å². The Morgan fingerprint density at radius 1 is 1.45 bits per heavy atom. The molecule has 1 saturated heterocycles. The molecule has 7 nitrogen and oxygen atoms in total. The number of ether oxygens (including phenoxy) is 1. The van der Waals surface area contributed by atoms with Crippen LogP contribution in [0.4, 0.5) is 4.79 Å². The maximum Gasteiger partial charge on any atom is 0.325 e. The summed E-state index contributed by atoms with van der Waals surface area (Å²) in [5.41, 5.74) is -0.790. The Morgan fingerprint density at radius 3 is 2.68 bits per heavy atom. The third-order valence-electron chi connectivity index (χ3n) is 4.50. The highest BCUT2D eigenvalue weighted by molar-refractivity contribution is 6.09. The van der Waals surface area contributed by atoms with Gasteiger partial charge in [-0.2, -0.15) is 0 Å². The fourth-order valence-corrected chi connectivity index (χ4v) is 3.17. The van der Waals surface area contributed by atoms with Crippen LogP contribution in [0.3, 0.4) is 0 Å². The summed E-state index contributed by atoms with van der Waals surface area (Å²) < 4.78 is 4.94. The quantitative estimate of drug-likeness (QED) is 0.729. The first-order valence-corrected chi connectivity index (χ1v) is 7.80. The van der Waals surface area contributed by atoms with Crippen molar-refractivity contribution < 1.29 is 19.1 Å². The van der Waals surface area contributed by atoms with Crippen LogP contribution < -0.4 is 10.6 Å². The van der Waals surface area contributed by atoms with E-state index in [0.29, 0.717) is 25.4 Å². The standard InChI is InChI=1S/C15H25N3O4/c1-10-4-6-15(7-5-10)13(20)18(14(21)17-15)8-12(19)16-11(2)9-22-3/h10-11H,4-9H2,1-3H3,(H,16,19)(H,17,21). The minimum atomic E-state index is -0.790. The summed E-state index contributed by atoms with van der Waals surface area (Å²) in [7, 11) is 1.55. The molecule has 1 aliphatic heterocycles. The third-order valence-corrected chi connectivity index (χ3v) is 4.50. The van der Waals surface area contributed by atoms with E-state index in [1.54, 1.807) is 14.0 Å². The Morgan fingerprint density at radius 2 is 2.09 bits per heavy atom. The van der Waals surface area contributed by atoms with Crippen molar-refractivity contribution in [3.8, 4) is 0 Å². The van der Waals surface area contributed by atoms with E-state index in [4.69, 9.17) is 4.74 Å².